The summed E-state index contributed by atoms with van der Waals surface area (Å²) >= 11 is 1.77. The van der Waals surface area contributed by atoms with Gasteiger partial charge in [0.25, 0.3) is 5.91 Å². The molecule has 136 valence electrons. The quantitative estimate of drug-likeness (QED) is 0.401. The Hall–Kier alpha value is -2.20. The molecule has 1 N–H and O–H groups in total. The molecule has 0 radical (unpaired) electrons. The van der Waals surface area contributed by atoms with Crippen molar-refractivity contribution in [2.24, 2.45) is 0 Å². The molecular weight excluding hydrogens is 342 g/mol. The molecular formula is C22H25NO2S. The molecule has 3 rings (SSSR count). The molecule has 1 amide bonds. The topological polar surface area (TPSA) is 38.3 Å². The number of thioether (sulfide) groups is 1. The zero-order chi connectivity index (χ0) is 18.0. The molecule has 0 heterocycles. The van der Waals surface area contributed by atoms with E-state index in [0.29, 0.717) is 18.7 Å². The fourth-order valence-electron chi connectivity index (χ4n) is 2.90. The molecule has 0 spiro atoms. The first-order valence-electron chi connectivity index (χ1n) is 9.18. The standard InChI is InChI=1S/C22H25NO2S/c24-22(23-17-18-7-3-1-4-8-18)19-11-13-20(14-12-19)25-15-16-26-21-9-5-2-6-10-21/h2,5-7,9-14H,1,3-4,8,15-17H2,(H,23,24). The average molecular weight is 368 g/mol. The number of allylic oxidation sites excluding steroid dienone is 1. The zero-order valence-corrected chi connectivity index (χ0v) is 15.8. The lowest BCUT2D eigenvalue weighted by Crippen LogP contribution is -2.26. The Kier molecular flexibility index (Phi) is 7.20. The van der Waals surface area contributed by atoms with Crippen LogP contribution in [0.3, 0.4) is 0 Å². The van der Waals surface area contributed by atoms with Crippen molar-refractivity contribution in [2.75, 3.05) is 18.9 Å². The van der Waals surface area contributed by atoms with Crippen LogP contribution in [0.4, 0.5) is 0 Å². The van der Waals surface area contributed by atoms with Crippen LogP contribution >= 0.6 is 11.8 Å². The van der Waals surface area contributed by atoms with Gasteiger partial charge in [0.15, 0.2) is 0 Å². The molecule has 26 heavy (non-hydrogen) atoms. The Bertz CT molecular complexity index is 726. The van der Waals surface area contributed by atoms with E-state index < -0.39 is 0 Å². The van der Waals surface area contributed by atoms with Gasteiger partial charge < -0.3 is 10.1 Å². The zero-order valence-electron chi connectivity index (χ0n) is 14.9. The number of benzene rings is 2. The molecule has 1 aliphatic carbocycles. The van der Waals surface area contributed by atoms with Crippen LogP contribution in [0.2, 0.25) is 0 Å². The van der Waals surface area contributed by atoms with Crippen LogP contribution in [-0.4, -0.2) is 24.8 Å². The summed E-state index contributed by atoms with van der Waals surface area (Å²) in [6, 6.07) is 17.7. The molecule has 2 aromatic carbocycles. The van der Waals surface area contributed by atoms with Crippen LogP contribution in [0.1, 0.15) is 36.0 Å². The Morgan fingerprint density at radius 3 is 2.58 bits per heavy atom. The molecule has 0 atom stereocenters. The van der Waals surface area contributed by atoms with Gasteiger partial charge in [0.1, 0.15) is 5.75 Å². The molecule has 3 nitrogen and oxygen atoms in total. The fourth-order valence-corrected chi connectivity index (χ4v) is 3.65. The van der Waals surface area contributed by atoms with Crippen molar-refractivity contribution >= 4 is 17.7 Å². The predicted octanol–water partition coefficient (Wildman–Crippen LogP) is 5.09. The van der Waals surface area contributed by atoms with Gasteiger partial charge in [-0.05, 0) is 62.1 Å². The summed E-state index contributed by atoms with van der Waals surface area (Å²) in [6.45, 7) is 1.30. The first kappa shape index (κ1) is 18.6. The van der Waals surface area contributed by atoms with Crippen molar-refractivity contribution in [3.63, 3.8) is 0 Å². The molecule has 0 unspecified atom stereocenters. The van der Waals surface area contributed by atoms with Gasteiger partial charge in [-0.25, -0.2) is 0 Å². The number of carbonyl (C=O) groups is 1. The van der Waals surface area contributed by atoms with Crippen LogP contribution in [0, 0.1) is 0 Å². The fraction of sp³-hybridized carbons (Fsp3) is 0.318. The highest BCUT2D eigenvalue weighted by Gasteiger charge is 2.08. The van der Waals surface area contributed by atoms with Crippen LogP contribution in [0.5, 0.6) is 5.75 Å². The highest BCUT2D eigenvalue weighted by molar-refractivity contribution is 7.99. The first-order valence-corrected chi connectivity index (χ1v) is 10.2. The van der Waals surface area contributed by atoms with E-state index in [2.05, 4.69) is 23.5 Å². The van der Waals surface area contributed by atoms with E-state index in [1.165, 1.54) is 23.3 Å². The number of rotatable bonds is 8. The summed E-state index contributed by atoms with van der Waals surface area (Å²) in [6.07, 6.45) is 7.00. The molecule has 0 fully saturated rings. The Balaban J connectivity index is 1.39. The number of nitrogens with one attached hydrogen (secondary N) is 1. The maximum Gasteiger partial charge on any atom is 0.251 e. The number of hydrogen-bond donors (Lipinski definition) is 1. The second-order valence-corrected chi connectivity index (χ2v) is 7.49. The summed E-state index contributed by atoms with van der Waals surface area (Å²) in [5.74, 6) is 1.66. The highest BCUT2D eigenvalue weighted by Crippen LogP contribution is 2.18. The van der Waals surface area contributed by atoms with Crippen molar-refractivity contribution in [3.05, 3.63) is 71.8 Å². The molecule has 0 aromatic heterocycles. The summed E-state index contributed by atoms with van der Waals surface area (Å²) in [7, 11) is 0. The third kappa shape index (κ3) is 5.95. The van der Waals surface area contributed by atoms with Crippen LogP contribution in [0.15, 0.2) is 71.1 Å². The summed E-state index contributed by atoms with van der Waals surface area (Å²) in [5.41, 5.74) is 2.02. The van der Waals surface area contributed by atoms with Gasteiger partial charge in [0, 0.05) is 22.8 Å². The SMILES string of the molecule is O=C(NCC1=CCCCC1)c1ccc(OCCSc2ccccc2)cc1. The minimum Gasteiger partial charge on any atom is -0.493 e. The van der Waals surface area contributed by atoms with Gasteiger partial charge in [-0.2, -0.15) is 0 Å². The molecule has 0 saturated heterocycles. The molecule has 2 aromatic rings. The molecule has 1 aliphatic rings. The van der Waals surface area contributed by atoms with Crippen LogP contribution < -0.4 is 10.1 Å². The predicted molar refractivity (Wildman–Crippen MR) is 108 cm³/mol. The van der Waals surface area contributed by atoms with Crippen LogP contribution in [-0.2, 0) is 0 Å². The highest BCUT2D eigenvalue weighted by atomic mass is 32.2. The molecule has 0 saturated carbocycles. The average Bonchev–Trinajstić information content (AvgIpc) is 2.71. The molecule has 0 bridgehead atoms. The van der Waals surface area contributed by atoms with Gasteiger partial charge in [-0.15, -0.1) is 11.8 Å². The normalized spacial score (nSPS) is 13.8. The van der Waals surface area contributed by atoms with Crippen molar-refractivity contribution < 1.29 is 9.53 Å². The summed E-state index contributed by atoms with van der Waals surface area (Å²) < 4.78 is 5.76. The lowest BCUT2D eigenvalue weighted by molar-refractivity contribution is 0.0956. The van der Waals surface area contributed by atoms with Crippen molar-refractivity contribution in [2.45, 2.75) is 30.6 Å². The minimum absolute atomic E-state index is 0.0253. The Morgan fingerprint density at radius 2 is 1.85 bits per heavy atom. The van der Waals surface area contributed by atoms with Gasteiger partial charge >= 0.3 is 0 Å². The van der Waals surface area contributed by atoms with Crippen molar-refractivity contribution in [1.82, 2.24) is 5.32 Å². The number of carbonyl (C=O) groups excluding carboxylic acids is 1. The Labute approximate surface area is 159 Å². The second kappa shape index (κ2) is 10.1. The van der Waals surface area contributed by atoms with E-state index in [4.69, 9.17) is 4.74 Å². The molecule has 4 heteroatoms. The van der Waals surface area contributed by atoms with Crippen LogP contribution in [0.25, 0.3) is 0 Å². The maximum atomic E-state index is 12.2. The largest absolute Gasteiger partial charge is 0.493 e. The van der Waals surface area contributed by atoms with E-state index in [1.54, 1.807) is 11.8 Å². The van der Waals surface area contributed by atoms with Gasteiger partial charge in [-0.1, -0.05) is 29.8 Å². The summed E-state index contributed by atoms with van der Waals surface area (Å²) in [5, 5.41) is 3.01. The van der Waals surface area contributed by atoms with Gasteiger partial charge in [0.2, 0.25) is 0 Å². The van der Waals surface area contributed by atoms with E-state index in [1.807, 2.05) is 42.5 Å². The molecule has 0 aliphatic heterocycles. The monoisotopic (exact) mass is 367 g/mol. The van der Waals surface area contributed by atoms with Crippen molar-refractivity contribution in [1.29, 1.82) is 0 Å². The van der Waals surface area contributed by atoms with E-state index in [-0.39, 0.29) is 5.91 Å². The number of amides is 1. The summed E-state index contributed by atoms with van der Waals surface area (Å²) in [4.78, 5) is 13.5. The smallest absolute Gasteiger partial charge is 0.251 e. The lowest BCUT2D eigenvalue weighted by atomic mass is 9.99. The third-order valence-corrected chi connectivity index (χ3v) is 5.32. The van der Waals surface area contributed by atoms with Crippen molar-refractivity contribution in [3.8, 4) is 5.75 Å². The Morgan fingerprint density at radius 1 is 1.04 bits per heavy atom. The number of ether oxygens (including phenoxy) is 1. The van der Waals surface area contributed by atoms with Gasteiger partial charge in [0.05, 0.1) is 6.61 Å². The minimum atomic E-state index is -0.0253. The number of hydrogen-bond acceptors (Lipinski definition) is 3. The second-order valence-electron chi connectivity index (χ2n) is 6.33. The van der Waals surface area contributed by atoms with E-state index in [0.717, 1.165) is 24.3 Å². The first-order chi connectivity index (χ1) is 12.8. The maximum absolute atomic E-state index is 12.2. The van der Waals surface area contributed by atoms with E-state index in [9.17, 15) is 4.79 Å². The lowest BCUT2D eigenvalue weighted by Gasteiger charge is -2.13. The third-order valence-electron chi connectivity index (χ3n) is 4.34. The van der Waals surface area contributed by atoms with E-state index >= 15 is 0 Å². The van der Waals surface area contributed by atoms with Gasteiger partial charge in [-0.3, -0.25) is 4.79 Å².